The summed E-state index contributed by atoms with van der Waals surface area (Å²) >= 11 is 0. The van der Waals surface area contributed by atoms with Crippen molar-refractivity contribution in [2.45, 2.75) is 58.5 Å². The molecule has 3 heterocycles. The van der Waals surface area contributed by atoms with Crippen molar-refractivity contribution in [3.63, 3.8) is 0 Å². The number of hydrogen-bond acceptors (Lipinski definition) is 5. The van der Waals surface area contributed by atoms with Gasteiger partial charge < -0.3 is 20.4 Å². The lowest BCUT2D eigenvalue weighted by molar-refractivity contribution is -0.132. The first-order valence-corrected chi connectivity index (χ1v) is 11.4. The molecule has 0 spiro atoms. The van der Waals surface area contributed by atoms with E-state index in [9.17, 15) is 14.4 Å². The summed E-state index contributed by atoms with van der Waals surface area (Å²) in [5.74, 6) is -0.332. The van der Waals surface area contributed by atoms with Gasteiger partial charge in [0.1, 0.15) is 11.2 Å². The van der Waals surface area contributed by atoms with E-state index in [4.69, 9.17) is 0 Å². The Morgan fingerprint density at radius 3 is 2.58 bits per heavy atom. The smallest absolute Gasteiger partial charge is 0.272 e. The van der Waals surface area contributed by atoms with Crippen molar-refractivity contribution in [3.05, 3.63) is 17.5 Å². The molecule has 9 heteroatoms. The summed E-state index contributed by atoms with van der Waals surface area (Å²) in [6.45, 7) is 10.5. The summed E-state index contributed by atoms with van der Waals surface area (Å²) in [6, 6.07) is 1.52. The van der Waals surface area contributed by atoms with Crippen LogP contribution in [0, 0.1) is 5.92 Å². The van der Waals surface area contributed by atoms with Crippen molar-refractivity contribution in [1.29, 1.82) is 0 Å². The number of nitrogens with one attached hydrogen (secondary N) is 2. The molecule has 0 radical (unpaired) electrons. The van der Waals surface area contributed by atoms with Gasteiger partial charge in [0.25, 0.3) is 11.8 Å². The average molecular weight is 433 g/mol. The van der Waals surface area contributed by atoms with Crippen LogP contribution in [-0.4, -0.2) is 82.6 Å². The van der Waals surface area contributed by atoms with Crippen molar-refractivity contribution < 1.29 is 14.4 Å². The van der Waals surface area contributed by atoms with Gasteiger partial charge in [0.2, 0.25) is 5.91 Å². The van der Waals surface area contributed by atoms with Gasteiger partial charge in [-0.2, -0.15) is 5.10 Å². The van der Waals surface area contributed by atoms with Crippen LogP contribution < -0.4 is 10.6 Å². The number of nitrogens with zero attached hydrogens (tertiary/aromatic N) is 4. The van der Waals surface area contributed by atoms with Gasteiger partial charge in [0.05, 0.1) is 6.54 Å². The van der Waals surface area contributed by atoms with Gasteiger partial charge in [-0.1, -0.05) is 13.8 Å². The summed E-state index contributed by atoms with van der Waals surface area (Å²) in [4.78, 5) is 42.2. The Morgan fingerprint density at radius 2 is 1.90 bits per heavy atom. The molecule has 0 aliphatic carbocycles. The predicted molar refractivity (Wildman–Crippen MR) is 118 cm³/mol. The second-order valence-corrected chi connectivity index (χ2v) is 9.31. The number of aromatic nitrogens is 2. The van der Waals surface area contributed by atoms with Crippen molar-refractivity contribution in [1.82, 2.24) is 30.2 Å². The molecule has 1 aromatic heterocycles. The van der Waals surface area contributed by atoms with E-state index in [1.54, 1.807) is 14.0 Å². The van der Waals surface area contributed by atoms with Crippen molar-refractivity contribution >= 4 is 17.7 Å². The third kappa shape index (κ3) is 5.26. The summed E-state index contributed by atoms with van der Waals surface area (Å²) in [6.07, 6.45) is 4.26. The average Bonchev–Trinajstić information content (AvgIpc) is 3.39. The highest BCUT2D eigenvalue weighted by Crippen LogP contribution is 2.26. The van der Waals surface area contributed by atoms with Crippen molar-refractivity contribution in [2.75, 3.05) is 39.8 Å². The molecular formula is C22H36N6O3. The number of rotatable bonds is 9. The highest BCUT2D eigenvalue weighted by atomic mass is 16.2. The van der Waals surface area contributed by atoms with Crippen LogP contribution in [0.3, 0.4) is 0 Å². The lowest BCUT2D eigenvalue weighted by Crippen LogP contribution is -2.62. The van der Waals surface area contributed by atoms with Gasteiger partial charge in [-0.25, -0.2) is 0 Å². The number of carbonyl (C=O) groups excluding carboxylic acids is 3. The van der Waals surface area contributed by atoms with Crippen LogP contribution in [0.5, 0.6) is 0 Å². The van der Waals surface area contributed by atoms with E-state index in [1.165, 1.54) is 28.5 Å². The molecule has 1 aromatic rings. The van der Waals surface area contributed by atoms with Crippen LogP contribution in [-0.2, 0) is 11.3 Å². The number of likely N-dealkylation sites (N-methyl/N-ethyl adjacent to an activating group) is 1. The quantitative estimate of drug-likeness (QED) is 0.570. The summed E-state index contributed by atoms with van der Waals surface area (Å²) in [5.41, 5.74) is -0.518. The minimum Gasteiger partial charge on any atom is -0.354 e. The molecule has 1 saturated heterocycles. The number of fused-ring (bicyclic) bond motifs is 1. The highest BCUT2D eigenvalue weighted by Gasteiger charge is 2.46. The van der Waals surface area contributed by atoms with E-state index in [0.29, 0.717) is 24.7 Å². The highest BCUT2D eigenvalue weighted by molar-refractivity contribution is 6.01. The molecule has 3 rings (SSSR count). The minimum absolute atomic E-state index is 0.209. The normalized spacial score (nSPS) is 21.5. The first-order valence-electron chi connectivity index (χ1n) is 11.4. The van der Waals surface area contributed by atoms with Gasteiger partial charge >= 0.3 is 0 Å². The molecular weight excluding hydrogens is 396 g/mol. The minimum atomic E-state index is -1.06. The zero-order valence-corrected chi connectivity index (χ0v) is 19.2. The second-order valence-electron chi connectivity index (χ2n) is 9.31. The van der Waals surface area contributed by atoms with E-state index >= 15 is 0 Å². The third-order valence-corrected chi connectivity index (χ3v) is 6.37. The van der Waals surface area contributed by atoms with Gasteiger partial charge in [0, 0.05) is 26.2 Å². The summed E-state index contributed by atoms with van der Waals surface area (Å²) in [7, 11) is 1.62. The van der Waals surface area contributed by atoms with E-state index in [2.05, 4.69) is 34.5 Å². The fourth-order valence-electron chi connectivity index (χ4n) is 4.10. The van der Waals surface area contributed by atoms with Crippen LogP contribution in [0.2, 0.25) is 0 Å². The molecule has 1 fully saturated rings. The molecule has 31 heavy (non-hydrogen) atoms. The van der Waals surface area contributed by atoms with Gasteiger partial charge in [-0.15, -0.1) is 0 Å². The van der Waals surface area contributed by atoms with Crippen LogP contribution in [0.25, 0.3) is 0 Å². The SMILES string of the molecule is CC(C)CCNC(=O)[C@]1(C)Cn2nc(C(=O)NCCCN3CCCC3)cc2C(=O)N1C. The van der Waals surface area contributed by atoms with Crippen LogP contribution in [0.1, 0.15) is 67.4 Å². The molecule has 2 aliphatic heterocycles. The predicted octanol–water partition coefficient (Wildman–Crippen LogP) is 1.11. The Kier molecular flexibility index (Phi) is 7.35. The molecule has 2 N–H and O–H groups in total. The molecule has 0 unspecified atom stereocenters. The van der Waals surface area contributed by atoms with E-state index in [0.717, 1.165) is 32.5 Å². The fraction of sp³-hybridized carbons (Fsp3) is 0.727. The molecule has 1 atom stereocenters. The Morgan fingerprint density at radius 1 is 1.19 bits per heavy atom. The summed E-state index contributed by atoms with van der Waals surface area (Å²) < 4.78 is 1.49. The maximum Gasteiger partial charge on any atom is 0.272 e. The van der Waals surface area contributed by atoms with Crippen LogP contribution >= 0.6 is 0 Å². The molecule has 2 aliphatic rings. The van der Waals surface area contributed by atoms with E-state index in [-0.39, 0.29) is 30.0 Å². The Balaban J connectivity index is 1.60. The first-order chi connectivity index (χ1) is 14.7. The van der Waals surface area contributed by atoms with Crippen molar-refractivity contribution in [3.8, 4) is 0 Å². The number of hydrogen-bond donors (Lipinski definition) is 2. The maximum atomic E-state index is 12.9. The third-order valence-electron chi connectivity index (χ3n) is 6.37. The Bertz CT molecular complexity index is 814. The Labute approximate surface area is 184 Å². The largest absolute Gasteiger partial charge is 0.354 e. The molecule has 3 amide bonds. The fourth-order valence-corrected chi connectivity index (χ4v) is 4.10. The van der Waals surface area contributed by atoms with E-state index < -0.39 is 5.54 Å². The lowest BCUT2D eigenvalue weighted by atomic mass is 9.95. The number of likely N-dealkylation sites (tertiary alicyclic amines) is 1. The van der Waals surface area contributed by atoms with Gasteiger partial charge in [-0.3, -0.25) is 19.1 Å². The second kappa shape index (κ2) is 9.80. The van der Waals surface area contributed by atoms with E-state index in [1.807, 2.05) is 0 Å². The number of carbonyl (C=O) groups is 3. The molecule has 0 bridgehead atoms. The monoisotopic (exact) mass is 432 g/mol. The van der Waals surface area contributed by atoms with Gasteiger partial charge in [-0.05, 0) is 58.2 Å². The summed E-state index contributed by atoms with van der Waals surface area (Å²) in [5, 5.41) is 10.2. The molecule has 0 aromatic carbocycles. The van der Waals surface area contributed by atoms with Crippen LogP contribution in [0.15, 0.2) is 6.07 Å². The molecule has 172 valence electrons. The molecule has 0 saturated carbocycles. The van der Waals surface area contributed by atoms with Gasteiger partial charge in [0.15, 0.2) is 5.69 Å². The number of amides is 3. The maximum absolute atomic E-state index is 12.9. The first kappa shape index (κ1) is 23.2. The zero-order chi connectivity index (χ0) is 22.6. The zero-order valence-electron chi connectivity index (χ0n) is 19.2. The Hall–Kier alpha value is -2.42. The standard InChI is InChI=1S/C22H36N6O3/c1-16(2)8-10-24-21(31)22(3)15-28-18(20(30)26(22)4)14-17(25-28)19(29)23-9-7-13-27-11-5-6-12-27/h14,16H,5-13,15H2,1-4H3,(H,23,29)(H,24,31)/t22-/m0/s1. The molecule has 9 nitrogen and oxygen atoms in total. The van der Waals surface area contributed by atoms with Crippen molar-refractivity contribution in [2.24, 2.45) is 5.92 Å². The van der Waals surface area contributed by atoms with Crippen LogP contribution in [0.4, 0.5) is 0 Å². The lowest BCUT2D eigenvalue weighted by Gasteiger charge is -2.40. The topological polar surface area (TPSA) is 99.6 Å².